The molecule has 1 aromatic carbocycles. The molecule has 0 N–H and O–H groups in total. The van der Waals surface area contributed by atoms with Crippen LogP contribution in [0.5, 0.6) is 0 Å². The largest absolute Gasteiger partial charge is 0.496 e. The number of ether oxygens (including phenoxy) is 1. The first kappa shape index (κ1) is 14.4. The van der Waals surface area contributed by atoms with Crippen molar-refractivity contribution in [2.75, 3.05) is 7.11 Å². The Morgan fingerprint density at radius 1 is 1.47 bits per heavy atom. The number of carbonyl (C=O) groups is 1. The fraction of sp³-hybridized carbons (Fsp3) is 0.462. The van der Waals surface area contributed by atoms with Crippen LogP contribution < -0.4 is 5.46 Å². The van der Waals surface area contributed by atoms with Gasteiger partial charge in [0.1, 0.15) is 0 Å². The van der Waals surface area contributed by atoms with Crippen LogP contribution >= 0.6 is 11.6 Å². The number of methoxy groups -OCH3 is 1. The van der Waals surface area contributed by atoms with Crippen molar-refractivity contribution in [3.63, 3.8) is 0 Å². The Morgan fingerprint density at radius 3 is 2.68 bits per heavy atom. The highest BCUT2D eigenvalue weighted by Gasteiger charge is 2.44. The van der Waals surface area contributed by atoms with E-state index in [0.717, 1.165) is 0 Å². The quantitative estimate of drug-likeness (QED) is 0.615. The Hall–Kier alpha value is -1.04. The van der Waals surface area contributed by atoms with E-state index in [-0.39, 0.29) is 6.10 Å². The van der Waals surface area contributed by atoms with Gasteiger partial charge in [0.25, 0.3) is 0 Å². The average Bonchev–Trinajstić information content (AvgIpc) is 2.63. The summed E-state index contributed by atoms with van der Waals surface area (Å²) in [5, 5.41) is 0.502. The van der Waals surface area contributed by atoms with Crippen LogP contribution in [0.15, 0.2) is 18.2 Å². The third kappa shape index (κ3) is 2.78. The van der Waals surface area contributed by atoms with E-state index in [1.54, 1.807) is 18.2 Å². The van der Waals surface area contributed by atoms with E-state index < -0.39 is 18.7 Å². The van der Waals surface area contributed by atoms with Gasteiger partial charge in [-0.15, -0.1) is 0 Å². The topological polar surface area (TPSA) is 44.8 Å². The van der Waals surface area contributed by atoms with Gasteiger partial charge in [-0.1, -0.05) is 11.6 Å². The first-order valence-corrected chi connectivity index (χ1v) is 6.44. The lowest BCUT2D eigenvalue weighted by molar-refractivity contribution is 0.0601. The minimum atomic E-state index is -0.567. The molecule has 0 aromatic heterocycles. The van der Waals surface area contributed by atoms with Crippen LogP contribution in [-0.2, 0) is 14.0 Å². The summed E-state index contributed by atoms with van der Waals surface area (Å²) in [5.74, 6) is -0.414. The summed E-state index contributed by atoms with van der Waals surface area (Å²) < 4.78 is 16.3. The van der Waals surface area contributed by atoms with Crippen LogP contribution in [0.2, 0.25) is 5.02 Å². The van der Waals surface area contributed by atoms with Gasteiger partial charge in [0.05, 0.1) is 24.4 Å². The standard InChI is InChI=1S/C13H16BClO4/c1-8-13(2,3)19-14(18-8)10-7-9(12(16)17-4)5-6-11(10)15/h5-8H,1-4H3. The molecule has 102 valence electrons. The molecule has 1 atom stereocenters. The van der Waals surface area contributed by atoms with Crippen molar-refractivity contribution >= 4 is 30.2 Å². The zero-order valence-electron chi connectivity index (χ0n) is 11.4. The Kier molecular flexibility index (Phi) is 3.90. The number of hydrogen-bond donors (Lipinski definition) is 0. The maximum atomic E-state index is 11.5. The second-order valence-electron chi connectivity index (χ2n) is 5.06. The lowest BCUT2D eigenvalue weighted by atomic mass is 9.78. The van der Waals surface area contributed by atoms with Gasteiger partial charge in [0.2, 0.25) is 0 Å². The molecule has 1 aliphatic heterocycles. The fourth-order valence-corrected chi connectivity index (χ4v) is 2.06. The van der Waals surface area contributed by atoms with E-state index in [4.69, 9.17) is 25.6 Å². The lowest BCUT2D eigenvalue weighted by Gasteiger charge is -2.21. The second-order valence-corrected chi connectivity index (χ2v) is 5.47. The Morgan fingerprint density at radius 2 is 2.16 bits per heavy atom. The molecule has 6 heteroatoms. The summed E-state index contributed by atoms with van der Waals surface area (Å²) >= 11 is 6.15. The minimum absolute atomic E-state index is 0.0599. The van der Waals surface area contributed by atoms with E-state index in [1.807, 2.05) is 20.8 Å². The Labute approximate surface area is 118 Å². The van der Waals surface area contributed by atoms with E-state index in [9.17, 15) is 4.79 Å². The van der Waals surface area contributed by atoms with Gasteiger partial charge in [0.15, 0.2) is 0 Å². The van der Waals surface area contributed by atoms with Crippen molar-refractivity contribution in [1.82, 2.24) is 0 Å². The number of hydrogen-bond acceptors (Lipinski definition) is 4. The number of benzene rings is 1. The third-order valence-electron chi connectivity index (χ3n) is 3.39. The smallest absolute Gasteiger partial charge is 0.465 e. The van der Waals surface area contributed by atoms with Crippen LogP contribution in [-0.4, -0.2) is 31.9 Å². The molecule has 0 amide bonds. The highest BCUT2D eigenvalue weighted by molar-refractivity contribution is 6.65. The monoisotopic (exact) mass is 282 g/mol. The van der Waals surface area contributed by atoms with E-state index in [1.165, 1.54) is 7.11 Å². The summed E-state index contributed by atoms with van der Waals surface area (Å²) in [7, 11) is 0.770. The summed E-state index contributed by atoms with van der Waals surface area (Å²) in [5.41, 5.74) is 0.670. The van der Waals surface area contributed by atoms with Crippen LogP contribution in [0.4, 0.5) is 0 Å². The van der Waals surface area contributed by atoms with Gasteiger partial charge < -0.3 is 14.0 Å². The van der Waals surface area contributed by atoms with Crippen LogP contribution in [0.25, 0.3) is 0 Å². The molecule has 0 radical (unpaired) electrons. The summed E-state index contributed by atoms with van der Waals surface area (Å²) in [6.45, 7) is 5.85. The molecule has 4 nitrogen and oxygen atoms in total. The first-order valence-electron chi connectivity index (χ1n) is 6.06. The van der Waals surface area contributed by atoms with Crippen molar-refractivity contribution in [3.05, 3.63) is 28.8 Å². The van der Waals surface area contributed by atoms with Crippen molar-refractivity contribution in [2.45, 2.75) is 32.5 Å². The molecule has 19 heavy (non-hydrogen) atoms. The van der Waals surface area contributed by atoms with E-state index in [0.29, 0.717) is 16.0 Å². The lowest BCUT2D eigenvalue weighted by Crippen LogP contribution is -2.36. The Balaban J connectivity index is 2.33. The SMILES string of the molecule is COC(=O)c1ccc(Cl)c(B2OC(C)C(C)(C)O2)c1. The molecule has 0 bridgehead atoms. The number of carbonyl (C=O) groups excluding carboxylic acids is 1. The number of rotatable bonds is 2. The van der Waals surface area contributed by atoms with Gasteiger partial charge in [-0.2, -0.15) is 0 Å². The van der Waals surface area contributed by atoms with Crippen molar-refractivity contribution in [2.24, 2.45) is 0 Å². The molecule has 2 rings (SSSR count). The molecular formula is C13H16BClO4. The molecule has 1 saturated heterocycles. The molecule has 1 aromatic rings. The maximum Gasteiger partial charge on any atom is 0.496 e. The highest BCUT2D eigenvalue weighted by Crippen LogP contribution is 2.28. The predicted molar refractivity (Wildman–Crippen MR) is 73.9 cm³/mol. The zero-order valence-corrected chi connectivity index (χ0v) is 12.2. The van der Waals surface area contributed by atoms with E-state index in [2.05, 4.69) is 0 Å². The van der Waals surface area contributed by atoms with Crippen LogP contribution in [0.3, 0.4) is 0 Å². The van der Waals surface area contributed by atoms with Crippen molar-refractivity contribution in [1.29, 1.82) is 0 Å². The van der Waals surface area contributed by atoms with Gasteiger partial charge in [0, 0.05) is 10.5 Å². The molecule has 1 fully saturated rings. The normalized spacial score (nSPS) is 21.5. The molecule has 0 saturated carbocycles. The summed E-state index contributed by atoms with van der Waals surface area (Å²) in [6.07, 6.45) is -0.0599. The highest BCUT2D eigenvalue weighted by atomic mass is 35.5. The summed E-state index contributed by atoms with van der Waals surface area (Å²) in [6, 6.07) is 4.90. The molecule has 0 aliphatic carbocycles. The second kappa shape index (κ2) is 5.15. The minimum Gasteiger partial charge on any atom is -0.465 e. The number of esters is 1. The van der Waals surface area contributed by atoms with Gasteiger partial charge in [-0.05, 0) is 39.0 Å². The van der Waals surface area contributed by atoms with Gasteiger partial charge in [-0.25, -0.2) is 4.79 Å². The average molecular weight is 283 g/mol. The fourth-order valence-electron chi connectivity index (χ4n) is 1.85. The van der Waals surface area contributed by atoms with E-state index >= 15 is 0 Å². The Bertz CT molecular complexity index is 503. The molecular weight excluding hydrogens is 266 g/mol. The molecule has 1 unspecified atom stereocenters. The molecule has 1 aliphatic rings. The van der Waals surface area contributed by atoms with Crippen molar-refractivity contribution in [3.8, 4) is 0 Å². The zero-order chi connectivity index (χ0) is 14.2. The van der Waals surface area contributed by atoms with Crippen molar-refractivity contribution < 1.29 is 18.8 Å². The predicted octanol–water partition coefficient (Wildman–Crippen LogP) is 2.04. The molecule has 0 spiro atoms. The summed E-state index contributed by atoms with van der Waals surface area (Å²) in [4.78, 5) is 11.5. The third-order valence-corrected chi connectivity index (χ3v) is 3.73. The first-order chi connectivity index (χ1) is 8.85. The maximum absolute atomic E-state index is 11.5. The van der Waals surface area contributed by atoms with Gasteiger partial charge >= 0.3 is 13.1 Å². The van der Waals surface area contributed by atoms with Gasteiger partial charge in [-0.3, -0.25) is 0 Å². The van der Waals surface area contributed by atoms with Crippen LogP contribution in [0.1, 0.15) is 31.1 Å². The molecule has 1 heterocycles. The van der Waals surface area contributed by atoms with Crippen LogP contribution in [0, 0.1) is 0 Å². The number of halogens is 1.